The maximum atomic E-state index is 11.2. The van der Waals surface area contributed by atoms with Gasteiger partial charge in [-0.3, -0.25) is 0 Å². The molecule has 0 saturated carbocycles. The molecule has 0 heterocycles. The number of unbranched alkanes of at least 4 members (excludes halogenated alkanes) is 1. The lowest BCUT2D eigenvalue weighted by molar-refractivity contribution is -0.117. The van der Waals surface area contributed by atoms with E-state index in [9.17, 15) is 4.79 Å². The number of hydrogen-bond acceptors (Lipinski definition) is 5. The number of rotatable bonds is 15. The molecule has 1 unspecified atom stereocenters. The first kappa shape index (κ1) is 23.8. The van der Waals surface area contributed by atoms with Crippen LogP contribution in [0.15, 0.2) is 60.7 Å². The molecule has 0 amide bonds. The summed E-state index contributed by atoms with van der Waals surface area (Å²) in [7, 11) is 7.96. The van der Waals surface area contributed by atoms with Gasteiger partial charge >= 0.3 is 0 Å². The van der Waals surface area contributed by atoms with E-state index in [1.54, 1.807) is 6.92 Å². The maximum absolute atomic E-state index is 11.2. The van der Waals surface area contributed by atoms with Gasteiger partial charge in [0.05, 0.1) is 0 Å². The molecule has 5 heteroatoms. The second-order valence-electron chi connectivity index (χ2n) is 6.77. The predicted octanol–water partition coefficient (Wildman–Crippen LogP) is 8.06. The van der Waals surface area contributed by atoms with E-state index in [2.05, 4.69) is 60.7 Å². The Morgan fingerprint density at radius 2 is 1.39 bits per heavy atom. The minimum Gasteiger partial charge on any atom is -0.300 e. The second-order valence-corrected chi connectivity index (χ2v) is 12.0. The summed E-state index contributed by atoms with van der Waals surface area (Å²) in [6.45, 7) is 1.70. The fourth-order valence-electron chi connectivity index (χ4n) is 2.68. The van der Waals surface area contributed by atoms with Crippen LogP contribution in [0.3, 0.4) is 0 Å². The van der Waals surface area contributed by atoms with E-state index in [4.69, 9.17) is 0 Å². The Balaban J connectivity index is 1.66. The van der Waals surface area contributed by atoms with Crippen LogP contribution in [-0.2, 0) is 16.3 Å². The Morgan fingerprint density at radius 3 is 2.00 bits per heavy atom. The summed E-state index contributed by atoms with van der Waals surface area (Å²) in [6, 6.07) is 21.4. The van der Waals surface area contributed by atoms with E-state index < -0.39 is 0 Å². The molecule has 0 aliphatic rings. The summed E-state index contributed by atoms with van der Waals surface area (Å²) in [5, 5.41) is 0.672. The van der Waals surface area contributed by atoms with Gasteiger partial charge in [0.25, 0.3) is 0 Å². The fourth-order valence-corrected chi connectivity index (χ4v) is 7.87. The molecule has 152 valence electrons. The van der Waals surface area contributed by atoms with Crippen LogP contribution in [0.2, 0.25) is 0 Å². The molecule has 0 N–H and O–H groups in total. The quantitative estimate of drug-likeness (QED) is 0.201. The molecule has 1 nitrogen and oxygen atoms in total. The van der Waals surface area contributed by atoms with Crippen LogP contribution in [-0.4, -0.2) is 16.8 Å². The molecule has 1 atom stereocenters. The average Bonchev–Trinajstić information content (AvgIpc) is 2.72. The van der Waals surface area contributed by atoms with Crippen LogP contribution in [0, 0.1) is 0 Å². The molecule has 0 bridgehead atoms. The largest absolute Gasteiger partial charge is 0.300 e. The summed E-state index contributed by atoms with van der Waals surface area (Å²) in [5.41, 5.74) is 2.79. The van der Waals surface area contributed by atoms with Gasteiger partial charge in [0.1, 0.15) is 5.78 Å². The van der Waals surface area contributed by atoms with Crippen molar-refractivity contribution < 1.29 is 4.79 Å². The highest BCUT2D eigenvalue weighted by atomic mass is 33.1. The van der Waals surface area contributed by atoms with Crippen molar-refractivity contribution in [2.24, 2.45) is 0 Å². The first-order chi connectivity index (χ1) is 13.7. The van der Waals surface area contributed by atoms with E-state index in [-0.39, 0.29) is 0 Å². The molecule has 0 aliphatic heterocycles. The maximum Gasteiger partial charge on any atom is 0.129 e. The molecule has 2 aromatic rings. The molecule has 0 radical (unpaired) electrons. The first-order valence-electron chi connectivity index (χ1n) is 9.84. The Morgan fingerprint density at radius 1 is 0.786 bits per heavy atom. The minimum absolute atomic E-state index is 0.315. The zero-order valence-corrected chi connectivity index (χ0v) is 19.8. The van der Waals surface area contributed by atoms with E-state index in [0.717, 1.165) is 30.8 Å². The molecular weight excluding hydrogens is 421 g/mol. The topological polar surface area (TPSA) is 17.1 Å². The van der Waals surface area contributed by atoms with Crippen LogP contribution < -0.4 is 0 Å². The Hall–Kier alpha value is -0.490. The zero-order chi connectivity index (χ0) is 19.9. The lowest BCUT2D eigenvalue weighted by Gasteiger charge is -2.15. The van der Waals surface area contributed by atoms with Gasteiger partial charge in [-0.15, -0.1) is 0 Å². The average molecular weight is 451 g/mol. The van der Waals surface area contributed by atoms with Gasteiger partial charge in [0.2, 0.25) is 0 Å². The Kier molecular flexibility index (Phi) is 13.1. The van der Waals surface area contributed by atoms with Crippen molar-refractivity contribution in [3.05, 3.63) is 71.8 Å². The zero-order valence-electron chi connectivity index (χ0n) is 16.5. The normalized spacial score (nSPS) is 12.0. The van der Waals surface area contributed by atoms with Crippen molar-refractivity contribution in [2.75, 3.05) is 5.75 Å². The molecule has 0 saturated heterocycles. The molecule has 0 aromatic heterocycles. The molecule has 2 rings (SSSR count). The number of benzene rings is 2. The van der Waals surface area contributed by atoms with Gasteiger partial charge in [-0.2, -0.15) is 0 Å². The van der Waals surface area contributed by atoms with E-state index in [1.165, 1.54) is 29.7 Å². The van der Waals surface area contributed by atoms with Gasteiger partial charge in [0, 0.05) is 28.9 Å². The number of hydrogen-bond donors (Lipinski definition) is 0. The molecule has 2 aromatic carbocycles. The molecule has 0 aliphatic carbocycles. The van der Waals surface area contributed by atoms with Gasteiger partial charge < -0.3 is 4.79 Å². The molecular formula is C23H30OS4. The van der Waals surface area contributed by atoms with E-state index >= 15 is 0 Å². The third-order valence-electron chi connectivity index (χ3n) is 4.25. The van der Waals surface area contributed by atoms with Gasteiger partial charge in [-0.25, -0.2) is 0 Å². The smallest absolute Gasteiger partial charge is 0.129 e. The van der Waals surface area contributed by atoms with Crippen LogP contribution >= 0.6 is 43.2 Å². The monoisotopic (exact) mass is 450 g/mol. The van der Waals surface area contributed by atoms with Gasteiger partial charge in [-0.1, -0.05) is 110 Å². The predicted molar refractivity (Wildman–Crippen MR) is 133 cm³/mol. The van der Waals surface area contributed by atoms with Crippen LogP contribution in [0.5, 0.6) is 0 Å². The van der Waals surface area contributed by atoms with Crippen molar-refractivity contribution in [3.63, 3.8) is 0 Å². The van der Waals surface area contributed by atoms with Crippen LogP contribution in [0.1, 0.15) is 50.2 Å². The summed E-state index contributed by atoms with van der Waals surface area (Å²) in [4.78, 5) is 11.2. The number of ketones is 1. The highest BCUT2D eigenvalue weighted by molar-refractivity contribution is 8.77. The highest BCUT2D eigenvalue weighted by Gasteiger charge is 2.11. The van der Waals surface area contributed by atoms with Crippen molar-refractivity contribution in [2.45, 2.75) is 55.8 Å². The number of Topliss-reactive ketones (excluding diaryl/α,β-unsaturated/α-hetero) is 1. The fraction of sp³-hybridized carbons (Fsp3) is 0.435. The molecule has 0 fully saturated rings. The van der Waals surface area contributed by atoms with Gasteiger partial charge in [0.15, 0.2) is 0 Å². The van der Waals surface area contributed by atoms with E-state index in [1.807, 2.05) is 43.2 Å². The van der Waals surface area contributed by atoms with Gasteiger partial charge in [-0.05, 0) is 37.3 Å². The Bertz CT molecular complexity index is 648. The summed E-state index contributed by atoms with van der Waals surface area (Å²) in [6.07, 6.45) is 5.37. The number of carbonyl (C=O) groups is 1. The number of carbonyl (C=O) groups excluding carboxylic acids is 1. The SMILES string of the molecule is CC(=O)CCCCC(CCSSCc1ccccc1)SSCc1ccccc1. The lowest BCUT2D eigenvalue weighted by atomic mass is 10.1. The van der Waals surface area contributed by atoms with Crippen molar-refractivity contribution in [3.8, 4) is 0 Å². The van der Waals surface area contributed by atoms with Crippen molar-refractivity contribution in [1.29, 1.82) is 0 Å². The second kappa shape index (κ2) is 15.4. The first-order valence-corrected chi connectivity index (χ1v) is 14.7. The third-order valence-corrected chi connectivity index (χ3v) is 9.54. The highest BCUT2D eigenvalue weighted by Crippen LogP contribution is 2.36. The summed E-state index contributed by atoms with van der Waals surface area (Å²) in [5.74, 6) is 3.64. The Labute approximate surface area is 186 Å². The minimum atomic E-state index is 0.315. The molecule has 0 spiro atoms. The lowest BCUT2D eigenvalue weighted by Crippen LogP contribution is -2.03. The third kappa shape index (κ3) is 11.5. The summed E-state index contributed by atoms with van der Waals surface area (Å²) < 4.78 is 0. The molecule has 28 heavy (non-hydrogen) atoms. The standard InChI is InChI=1S/C23H30OS4/c1-20(24)10-8-9-15-23(28-27-19-22-13-6-3-7-14-22)16-17-25-26-18-21-11-4-2-5-12-21/h2-7,11-14,23H,8-10,15-19H2,1H3. The van der Waals surface area contributed by atoms with E-state index in [0.29, 0.717) is 11.0 Å². The van der Waals surface area contributed by atoms with Crippen LogP contribution in [0.4, 0.5) is 0 Å². The van der Waals surface area contributed by atoms with Crippen molar-refractivity contribution in [1.82, 2.24) is 0 Å². The summed E-state index contributed by atoms with van der Waals surface area (Å²) >= 11 is 0. The van der Waals surface area contributed by atoms with Crippen molar-refractivity contribution >= 4 is 49.0 Å². The van der Waals surface area contributed by atoms with Crippen LogP contribution in [0.25, 0.3) is 0 Å².